The summed E-state index contributed by atoms with van der Waals surface area (Å²) in [6, 6.07) is 6.39. The van der Waals surface area contributed by atoms with Crippen molar-refractivity contribution in [1.29, 1.82) is 0 Å². The smallest absolute Gasteiger partial charge is 0.151 e. The molecule has 1 fully saturated rings. The van der Waals surface area contributed by atoms with Gasteiger partial charge in [-0.05, 0) is 50.3 Å². The molecule has 122 valence electrons. The van der Waals surface area contributed by atoms with Crippen molar-refractivity contribution in [1.82, 2.24) is 9.97 Å². The van der Waals surface area contributed by atoms with Gasteiger partial charge in [0.1, 0.15) is 0 Å². The lowest BCUT2D eigenvalue weighted by atomic mass is 10.0. The van der Waals surface area contributed by atoms with E-state index < -0.39 is 0 Å². The third kappa shape index (κ3) is 3.31. The summed E-state index contributed by atoms with van der Waals surface area (Å²) >= 11 is 0. The van der Waals surface area contributed by atoms with Crippen molar-refractivity contribution in [3.8, 4) is 11.3 Å². The summed E-state index contributed by atoms with van der Waals surface area (Å²) in [4.78, 5) is 12.1. The number of nitrogens with one attached hydrogen (secondary N) is 1. The van der Waals surface area contributed by atoms with Crippen molar-refractivity contribution in [2.24, 2.45) is 0 Å². The van der Waals surface area contributed by atoms with Gasteiger partial charge in [0.2, 0.25) is 0 Å². The molecule has 0 bridgehead atoms. The van der Waals surface area contributed by atoms with Gasteiger partial charge >= 0.3 is 0 Å². The molecular formula is C19H26N4. The molecule has 0 saturated carbocycles. The molecule has 2 aromatic rings. The Kier molecular flexibility index (Phi) is 4.79. The first-order valence-electron chi connectivity index (χ1n) is 8.62. The summed E-state index contributed by atoms with van der Waals surface area (Å²) in [6.45, 7) is 6.48. The summed E-state index contributed by atoms with van der Waals surface area (Å²) < 4.78 is 0. The van der Waals surface area contributed by atoms with Crippen LogP contribution in [0.2, 0.25) is 0 Å². The molecule has 0 unspecified atom stereocenters. The van der Waals surface area contributed by atoms with Gasteiger partial charge in [-0.25, -0.2) is 4.98 Å². The zero-order valence-electron chi connectivity index (χ0n) is 14.4. The van der Waals surface area contributed by atoms with Crippen LogP contribution in [-0.4, -0.2) is 30.1 Å². The van der Waals surface area contributed by atoms with E-state index in [1.165, 1.54) is 24.8 Å². The normalized spacial score (nSPS) is 14.8. The van der Waals surface area contributed by atoms with Crippen LogP contribution in [0.3, 0.4) is 0 Å². The molecule has 0 radical (unpaired) electrons. The van der Waals surface area contributed by atoms with Crippen LogP contribution in [0.25, 0.3) is 11.3 Å². The first-order chi connectivity index (χ1) is 11.2. The van der Waals surface area contributed by atoms with Crippen molar-refractivity contribution >= 4 is 11.5 Å². The number of benzene rings is 1. The molecule has 0 aliphatic carbocycles. The maximum Gasteiger partial charge on any atom is 0.151 e. The Balaban J connectivity index is 2.03. The zero-order valence-corrected chi connectivity index (χ0v) is 14.4. The van der Waals surface area contributed by atoms with Gasteiger partial charge in [0, 0.05) is 31.4 Å². The molecule has 4 nitrogen and oxygen atoms in total. The molecular weight excluding hydrogens is 284 g/mol. The van der Waals surface area contributed by atoms with Crippen molar-refractivity contribution in [3.63, 3.8) is 0 Å². The Hall–Kier alpha value is -2.10. The molecule has 23 heavy (non-hydrogen) atoms. The van der Waals surface area contributed by atoms with E-state index in [1.54, 1.807) is 0 Å². The lowest BCUT2D eigenvalue weighted by Crippen LogP contribution is -2.31. The number of aryl methyl sites for hydroxylation is 2. The van der Waals surface area contributed by atoms with Crippen LogP contribution in [0.5, 0.6) is 0 Å². The van der Waals surface area contributed by atoms with E-state index >= 15 is 0 Å². The zero-order chi connectivity index (χ0) is 16.2. The molecule has 1 aliphatic heterocycles. The largest absolute Gasteiger partial charge is 0.388 e. The third-order valence-electron chi connectivity index (χ3n) is 4.62. The van der Waals surface area contributed by atoms with E-state index in [1.807, 2.05) is 13.2 Å². The quantitative estimate of drug-likeness (QED) is 0.925. The number of rotatable bonds is 4. The van der Waals surface area contributed by atoms with Crippen molar-refractivity contribution < 1.29 is 0 Å². The molecule has 4 heteroatoms. The van der Waals surface area contributed by atoms with Crippen LogP contribution < -0.4 is 10.2 Å². The summed E-state index contributed by atoms with van der Waals surface area (Å²) in [5.74, 6) is 1.08. The van der Waals surface area contributed by atoms with Gasteiger partial charge in [0.05, 0.1) is 17.6 Å². The Morgan fingerprint density at radius 2 is 1.96 bits per heavy atom. The number of hydrogen-bond donors (Lipinski definition) is 1. The van der Waals surface area contributed by atoms with E-state index in [0.29, 0.717) is 0 Å². The predicted octanol–water partition coefficient (Wildman–Crippen LogP) is 4.05. The number of nitrogens with zero attached hydrogens (tertiary/aromatic N) is 3. The standard InChI is InChI=1S/C19H26N4/c1-4-17-19(23-10-6-5-7-11-23)22-18(13-21-17)16-12-15(20-3)9-8-14(16)2/h8-9,12-13,20H,4-7,10-11H2,1-3H3. The number of anilines is 2. The fourth-order valence-electron chi connectivity index (χ4n) is 3.20. The monoisotopic (exact) mass is 310 g/mol. The molecule has 0 amide bonds. The van der Waals surface area contributed by atoms with Crippen molar-refractivity contribution in [3.05, 3.63) is 35.7 Å². The second kappa shape index (κ2) is 6.99. The lowest BCUT2D eigenvalue weighted by Gasteiger charge is -2.29. The SMILES string of the molecule is CCc1ncc(-c2cc(NC)ccc2C)nc1N1CCCCC1. The molecule has 1 N–H and O–H groups in total. The topological polar surface area (TPSA) is 41.1 Å². The highest BCUT2D eigenvalue weighted by Gasteiger charge is 2.18. The summed E-state index contributed by atoms with van der Waals surface area (Å²) in [5, 5.41) is 3.21. The van der Waals surface area contributed by atoms with E-state index in [4.69, 9.17) is 9.97 Å². The minimum atomic E-state index is 0.925. The van der Waals surface area contributed by atoms with Gasteiger partial charge < -0.3 is 10.2 Å². The first kappa shape index (κ1) is 15.8. The molecule has 2 heterocycles. The highest BCUT2D eigenvalue weighted by atomic mass is 15.2. The minimum Gasteiger partial charge on any atom is -0.388 e. The molecule has 0 atom stereocenters. The van der Waals surface area contributed by atoms with Crippen LogP contribution in [0.4, 0.5) is 11.5 Å². The van der Waals surface area contributed by atoms with Gasteiger partial charge in [-0.3, -0.25) is 4.98 Å². The van der Waals surface area contributed by atoms with Gasteiger partial charge in [-0.1, -0.05) is 13.0 Å². The summed E-state index contributed by atoms with van der Waals surface area (Å²) in [7, 11) is 1.94. The fraction of sp³-hybridized carbons (Fsp3) is 0.474. The average molecular weight is 310 g/mol. The molecule has 0 spiro atoms. The van der Waals surface area contributed by atoms with E-state index in [0.717, 1.165) is 48.0 Å². The van der Waals surface area contributed by atoms with E-state index in [-0.39, 0.29) is 0 Å². The second-order valence-electron chi connectivity index (χ2n) is 6.21. The third-order valence-corrected chi connectivity index (χ3v) is 4.62. The Bertz CT molecular complexity index is 675. The van der Waals surface area contributed by atoms with Crippen LogP contribution in [-0.2, 0) is 6.42 Å². The van der Waals surface area contributed by atoms with E-state index in [9.17, 15) is 0 Å². The molecule has 1 saturated heterocycles. The van der Waals surface area contributed by atoms with E-state index in [2.05, 4.69) is 42.3 Å². The molecule has 3 rings (SSSR count). The highest BCUT2D eigenvalue weighted by Crippen LogP contribution is 2.28. The van der Waals surface area contributed by atoms with Crippen molar-refractivity contribution in [2.45, 2.75) is 39.5 Å². The maximum absolute atomic E-state index is 5.01. The van der Waals surface area contributed by atoms with Gasteiger partial charge in [0.15, 0.2) is 5.82 Å². The summed E-state index contributed by atoms with van der Waals surface area (Å²) in [6.07, 6.45) is 6.68. The van der Waals surface area contributed by atoms with Gasteiger partial charge in [-0.15, -0.1) is 0 Å². The van der Waals surface area contributed by atoms with Crippen LogP contribution in [0, 0.1) is 6.92 Å². The van der Waals surface area contributed by atoms with Crippen LogP contribution >= 0.6 is 0 Å². The molecule has 1 aliphatic rings. The first-order valence-corrected chi connectivity index (χ1v) is 8.62. The van der Waals surface area contributed by atoms with Crippen molar-refractivity contribution in [2.75, 3.05) is 30.4 Å². The minimum absolute atomic E-state index is 0.925. The number of aromatic nitrogens is 2. The molecule has 1 aromatic carbocycles. The average Bonchev–Trinajstić information content (AvgIpc) is 2.62. The molecule has 1 aromatic heterocycles. The van der Waals surface area contributed by atoms with Crippen LogP contribution in [0.15, 0.2) is 24.4 Å². The summed E-state index contributed by atoms with van der Waals surface area (Å²) in [5.41, 5.74) is 5.57. The number of piperidine rings is 1. The Morgan fingerprint density at radius 3 is 2.65 bits per heavy atom. The van der Waals surface area contributed by atoms with Gasteiger partial charge in [-0.2, -0.15) is 0 Å². The predicted molar refractivity (Wildman–Crippen MR) is 97.2 cm³/mol. The Labute approximate surface area is 139 Å². The van der Waals surface area contributed by atoms with Crippen LogP contribution in [0.1, 0.15) is 37.4 Å². The highest BCUT2D eigenvalue weighted by molar-refractivity contribution is 5.69. The lowest BCUT2D eigenvalue weighted by molar-refractivity contribution is 0.570. The second-order valence-corrected chi connectivity index (χ2v) is 6.21. The maximum atomic E-state index is 5.01. The fourth-order valence-corrected chi connectivity index (χ4v) is 3.20. The number of hydrogen-bond acceptors (Lipinski definition) is 4. The van der Waals surface area contributed by atoms with Gasteiger partial charge in [0.25, 0.3) is 0 Å². The Morgan fingerprint density at radius 1 is 1.17 bits per heavy atom.